The Morgan fingerprint density at radius 3 is 1.94 bits per heavy atom. The van der Waals surface area contributed by atoms with Crippen molar-refractivity contribution in [1.29, 1.82) is 0 Å². The second-order valence-electron chi connectivity index (χ2n) is 8.07. The van der Waals surface area contributed by atoms with Crippen LogP contribution in [0.4, 0.5) is 0 Å². The molecule has 0 aromatic heterocycles. The second-order valence-corrected chi connectivity index (χ2v) is 10.8. The van der Waals surface area contributed by atoms with E-state index in [4.69, 9.17) is 11.6 Å². The number of benzene rings is 2. The van der Waals surface area contributed by atoms with E-state index in [1.165, 1.54) is 11.1 Å². The summed E-state index contributed by atoms with van der Waals surface area (Å²) >= 11 is 5.88. The Morgan fingerprint density at radius 2 is 1.32 bits per heavy atom. The van der Waals surface area contributed by atoms with Gasteiger partial charge in [-0.05, 0) is 61.8 Å². The van der Waals surface area contributed by atoms with E-state index in [1.54, 1.807) is 0 Å². The van der Waals surface area contributed by atoms with Gasteiger partial charge in [0.25, 0.3) is 0 Å². The quantitative estimate of drug-likeness (QED) is 0.322. The van der Waals surface area contributed by atoms with Crippen LogP contribution in [-0.2, 0) is 27.5 Å². The van der Waals surface area contributed by atoms with Gasteiger partial charge in [0.2, 0.25) is 0 Å². The van der Waals surface area contributed by atoms with Gasteiger partial charge in [-0.1, -0.05) is 79.7 Å². The number of halogens is 1. The first-order valence-corrected chi connectivity index (χ1v) is 13.2. The van der Waals surface area contributed by atoms with Crippen LogP contribution >= 0.6 is 11.6 Å². The topological polar surface area (TPSA) is 71.4 Å². The highest BCUT2D eigenvalue weighted by molar-refractivity contribution is 7.92. The van der Waals surface area contributed by atoms with Gasteiger partial charge in [0, 0.05) is 5.02 Å². The lowest BCUT2D eigenvalue weighted by Crippen LogP contribution is -2.32. The lowest BCUT2D eigenvalue weighted by molar-refractivity contribution is -0.136. The Hall–Kier alpha value is -1.85. The van der Waals surface area contributed by atoms with E-state index in [-0.39, 0.29) is 12.2 Å². The fourth-order valence-corrected chi connectivity index (χ4v) is 5.57. The van der Waals surface area contributed by atoms with Crippen molar-refractivity contribution in [2.24, 2.45) is 0 Å². The molecule has 2 aromatic rings. The Labute approximate surface area is 191 Å². The van der Waals surface area contributed by atoms with E-state index >= 15 is 0 Å². The molecule has 1 atom stereocenters. The summed E-state index contributed by atoms with van der Waals surface area (Å²) in [5.41, 5.74) is 2.47. The minimum Gasteiger partial charge on any atom is -0.480 e. The van der Waals surface area contributed by atoms with Crippen LogP contribution in [0.1, 0.15) is 62.5 Å². The molecule has 0 saturated carbocycles. The lowest BCUT2D eigenvalue weighted by atomic mass is 10.1. The van der Waals surface area contributed by atoms with E-state index in [0.29, 0.717) is 17.9 Å². The molecular formula is C25H33ClO4S. The molecule has 0 saturated heterocycles. The number of aryl methyl sites for hydroxylation is 2. The summed E-state index contributed by atoms with van der Waals surface area (Å²) in [4.78, 5) is 11.6. The Balaban J connectivity index is 1.64. The van der Waals surface area contributed by atoms with E-state index in [1.807, 2.05) is 42.5 Å². The SMILES string of the molecule is O=C(O)C(CCCCCc1ccc(Cl)cc1)S(=O)(=O)CCCCCCc1ccccc1. The fraction of sp³-hybridized carbons (Fsp3) is 0.480. The van der Waals surface area contributed by atoms with Crippen molar-refractivity contribution in [2.75, 3.05) is 5.75 Å². The molecule has 0 aliphatic carbocycles. The Kier molecular flexibility index (Phi) is 11.1. The first-order chi connectivity index (χ1) is 14.9. The summed E-state index contributed by atoms with van der Waals surface area (Å²) in [5, 5.41) is 8.86. The molecule has 0 spiro atoms. The molecule has 31 heavy (non-hydrogen) atoms. The van der Waals surface area contributed by atoms with Crippen molar-refractivity contribution in [2.45, 2.75) is 69.5 Å². The van der Waals surface area contributed by atoms with Crippen LogP contribution in [0.15, 0.2) is 54.6 Å². The first-order valence-electron chi connectivity index (χ1n) is 11.1. The van der Waals surface area contributed by atoms with Gasteiger partial charge in [-0.25, -0.2) is 8.42 Å². The number of rotatable bonds is 15. The molecule has 0 radical (unpaired) electrons. The van der Waals surface area contributed by atoms with E-state index in [0.717, 1.165) is 44.9 Å². The smallest absolute Gasteiger partial charge is 0.321 e. The minimum absolute atomic E-state index is 0.0416. The predicted octanol–water partition coefficient (Wildman–Crippen LogP) is 6.11. The number of carbonyl (C=O) groups is 1. The van der Waals surface area contributed by atoms with Crippen LogP contribution in [-0.4, -0.2) is 30.5 Å². The summed E-state index contributed by atoms with van der Waals surface area (Å²) in [6.45, 7) is 0. The molecule has 0 aliphatic heterocycles. The zero-order valence-corrected chi connectivity index (χ0v) is 19.6. The molecule has 2 rings (SSSR count). The van der Waals surface area contributed by atoms with Gasteiger partial charge in [0.05, 0.1) is 5.75 Å². The molecule has 1 N–H and O–H groups in total. The van der Waals surface area contributed by atoms with Gasteiger partial charge in [-0.15, -0.1) is 0 Å². The second kappa shape index (κ2) is 13.5. The average molecular weight is 465 g/mol. The molecular weight excluding hydrogens is 432 g/mol. The number of hydrogen-bond acceptors (Lipinski definition) is 3. The van der Waals surface area contributed by atoms with Crippen molar-refractivity contribution in [3.63, 3.8) is 0 Å². The number of hydrogen-bond donors (Lipinski definition) is 1. The van der Waals surface area contributed by atoms with Crippen LogP contribution in [0, 0.1) is 0 Å². The molecule has 0 heterocycles. The van der Waals surface area contributed by atoms with E-state index in [2.05, 4.69) is 12.1 Å². The third kappa shape index (κ3) is 9.88. The lowest BCUT2D eigenvalue weighted by Gasteiger charge is -2.13. The highest BCUT2D eigenvalue weighted by Gasteiger charge is 2.31. The molecule has 0 amide bonds. The predicted molar refractivity (Wildman–Crippen MR) is 127 cm³/mol. The number of carboxylic acids is 1. The van der Waals surface area contributed by atoms with Gasteiger partial charge < -0.3 is 5.11 Å². The maximum atomic E-state index is 12.6. The van der Waals surface area contributed by atoms with Gasteiger partial charge in [-0.3, -0.25) is 4.79 Å². The van der Waals surface area contributed by atoms with Gasteiger partial charge in [0.1, 0.15) is 0 Å². The summed E-state index contributed by atoms with van der Waals surface area (Å²) in [6, 6.07) is 17.9. The Morgan fingerprint density at radius 1 is 0.774 bits per heavy atom. The van der Waals surface area contributed by atoms with Crippen molar-refractivity contribution < 1.29 is 18.3 Å². The number of carboxylic acid groups (broad SMARTS) is 1. The molecule has 2 aromatic carbocycles. The van der Waals surface area contributed by atoms with Crippen LogP contribution in [0.25, 0.3) is 0 Å². The third-order valence-electron chi connectivity index (χ3n) is 5.54. The van der Waals surface area contributed by atoms with E-state index < -0.39 is 21.1 Å². The molecule has 0 aliphatic rings. The maximum Gasteiger partial charge on any atom is 0.321 e. The van der Waals surface area contributed by atoms with Gasteiger partial charge >= 0.3 is 5.97 Å². The molecule has 1 unspecified atom stereocenters. The summed E-state index contributed by atoms with van der Waals surface area (Å²) in [7, 11) is -3.62. The molecule has 0 bridgehead atoms. The fourth-order valence-electron chi connectivity index (χ4n) is 3.72. The zero-order valence-electron chi connectivity index (χ0n) is 18.0. The third-order valence-corrected chi connectivity index (χ3v) is 7.96. The molecule has 4 nitrogen and oxygen atoms in total. The highest BCUT2D eigenvalue weighted by Crippen LogP contribution is 2.17. The van der Waals surface area contributed by atoms with Gasteiger partial charge in [0.15, 0.2) is 15.1 Å². The van der Waals surface area contributed by atoms with Crippen LogP contribution in [0.2, 0.25) is 5.02 Å². The first kappa shape index (κ1) is 25.4. The monoisotopic (exact) mass is 464 g/mol. The zero-order chi connectivity index (χ0) is 22.5. The molecule has 170 valence electrons. The Bertz CT molecular complexity index is 879. The van der Waals surface area contributed by atoms with Crippen molar-refractivity contribution in [3.8, 4) is 0 Å². The number of sulfone groups is 1. The summed E-state index contributed by atoms with van der Waals surface area (Å²) < 4.78 is 25.1. The number of unbranched alkanes of at least 4 members (excludes halogenated alkanes) is 5. The van der Waals surface area contributed by atoms with Crippen LogP contribution < -0.4 is 0 Å². The van der Waals surface area contributed by atoms with Crippen molar-refractivity contribution >= 4 is 27.4 Å². The maximum absolute atomic E-state index is 12.6. The number of aliphatic carboxylic acids is 1. The van der Waals surface area contributed by atoms with Crippen LogP contribution in [0.5, 0.6) is 0 Å². The van der Waals surface area contributed by atoms with E-state index in [9.17, 15) is 18.3 Å². The van der Waals surface area contributed by atoms with Crippen molar-refractivity contribution in [1.82, 2.24) is 0 Å². The standard InChI is InChI=1S/C25H33ClO4S/c26-23-18-16-22(17-19-23)14-8-4-9-15-24(25(27)28)31(29,30)20-10-2-1-5-11-21-12-6-3-7-13-21/h3,6-7,12-13,16-19,24H,1-2,4-5,8-11,14-15,20H2,(H,27,28). The normalized spacial score (nSPS) is 12.5. The van der Waals surface area contributed by atoms with Crippen molar-refractivity contribution in [3.05, 3.63) is 70.7 Å². The van der Waals surface area contributed by atoms with Gasteiger partial charge in [-0.2, -0.15) is 0 Å². The molecule has 0 fully saturated rings. The summed E-state index contributed by atoms with van der Waals surface area (Å²) in [6.07, 6.45) is 7.65. The summed E-state index contributed by atoms with van der Waals surface area (Å²) in [5.74, 6) is -1.26. The highest BCUT2D eigenvalue weighted by atomic mass is 35.5. The average Bonchev–Trinajstić information content (AvgIpc) is 2.74. The largest absolute Gasteiger partial charge is 0.480 e. The minimum atomic E-state index is -3.62. The van der Waals surface area contributed by atoms with Crippen LogP contribution in [0.3, 0.4) is 0 Å². The molecule has 6 heteroatoms.